The van der Waals surface area contributed by atoms with Crippen LogP contribution in [0.5, 0.6) is 11.5 Å². The van der Waals surface area contributed by atoms with Gasteiger partial charge in [-0.15, -0.1) is 13.2 Å². The highest BCUT2D eigenvalue weighted by molar-refractivity contribution is 6.05. The van der Waals surface area contributed by atoms with Gasteiger partial charge in [0.15, 0.2) is 6.29 Å². The molecule has 1 fully saturated rings. The largest absolute Gasteiger partial charge is 0.573 e. The summed E-state index contributed by atoms with van der Waals surface area (Å²) in [7, 11) is 0. The van der Waals surface area contributed by atoms with E-state index in [1.165, 1.54) is 31.0 Å². The molecule has 4 aromatic rings. The van der Waals surface area contributed by atoms with E-state index in [0.717, 1.165) is 40.7 Å². The van der Waals surface area contributed by atoms with E-state index in [4.69, 9.17) is 4.74 Å². The van der Waals surface area contributed by atoms with Crippen LogP contribution in [0, 0.1) is 5.92 Å². The molecule has 1 aliphatic carbocycles. The molecule has 0 radical (unpaired) electrons. The van der Waals surface area contributed by atoms with Crippen LogP contribution in [0.3, 0.4) is 0 Å². The first-order valence-corrected chi connectivity index (χ1v) is 11.1. The molecule has 1 aromatic heterocycles. The molecule has 4 nitrogen and oxygen atoms in total. The second-order valence-corrected chi connectivity index (χ2v) is 8.46. The Hall–Kier alpha value is -3.74. The zero-order valence-corrected chi connectivity index (χ0v) is 18.2. The predicted molar refractivity (Wildman–Crippen MR) is 123 cm³/mol. The van der Waals surface area contributed by atoms with Gasteiger partial charge in [0.2, 0.25) is 0 Å². The number of hydrogen-bond donors (Lipinski definition) is 0. The van der Waals surface area contributed by atoms with Crippen LogP contribution >= 0.6 is 0 Å². The van der Waals surface area contributed by atoms with Crippen molar-refractivity contribution in [2.75, 3.05) is 6.61 Å². The maximum absolute atomic E-state index is 12.7. The van der Waals surface area contributed by atoms with Crippen molar-refractivity contribution in [3.05, 3.63) is 84.1 Å². The van der Waals surface area contributed by atoms with Gasteiger partial charge in [-0.25, -0.2) is 0 Å². The Balaban J connectivity index is 1.51. The smallest absolute Gasteiger partial charge is 0.493 e. The van der Waals surface area contributed by atoms with Crippen LogP contribution < -0.4 is 9.47 Å². The van der Waals surface area contributed by atoms with Crippen LogP contribution in [0.1, 0.15) is 28.9 Å². The molecular weight excluding hydrogens is 443 g/mol. The first-order valence-electron chi connectivity index (χ1n) is 11.1. The van der Waals surface area contributed by atoms with Gasteiger partial charge in [-0.3, -0.25) is 4.79 Å². The summed E-state index contributed by atoms with van der Waals surface area (Å²) in [6, 6.07) is 21.1. The first-order chi connectivity index (χ1) is 16.4. The number of carbonyl (C=O) groups excluding carboxylic acids is 1. The number of halogens is 3. The van der Waals surface area contributed by atoms with Crippen molar-refractivity contribution in [2.24, 2.45) is 5.92 Å². The molecule has 7 heteroatoms. The van der Waals surface area contributed by atoms with Gasteiger partial charge in [0, 0.05) is 23.0 Å². The monoisotopic (exact) mass is 465 g/mol. The lowest BCUT2D eigenvalue weighted by molar-refractivity contribution is -0.274. The fraction of sp³-hybridized carbons (Fsp3) is 0.222. The van der Waals surface area contributed by atoms with Gasteiger partial charge in [-0.05, 0) is 60.2 Å². The van der Waals surface area contributed by atoms with Crippen molar-refractivity contribution in [1.82, 2.24) is 4.57 Å². The van der Waals surface area contributed by atoms with Crippen LogP contribution in [0.4, 0.5) is 13.2 Å². The quantitative estimate of drug-likeness (QED) is 0.267. The Morgan fingerprint density at radius 3 is 2.41 bits per heavy atom. The number of rotatable bonds is 8. The topological polar surface area (TPSA) is 40.5 Å². The third kappa shape index (κ3) is 4.78. The minimum atomic E-state index is -4.77. The number of carbonyl (C=O) groups is 1. The molecule has 34 heavy (non-hydrogen) atoms. The first kappa shape index (κ1) is 22.1. The van der Waals surface area contributed by atoms with Crippen molar-refractivity contribution in [2.45, 2.75) is 25.7 Å². The highest BCUT2D eigenvalue weighted by Crippen LogP contribution is 2.36. The number of fused-ring (bicyclic) bond motifs is 1. The number of benzene rings is 3. The highest BCUT2D eigenvalue weighted by atomic mass is 19.4. The van der Waals surface area contributed by atoms with Crippen molar-refractivity contribution in [3.63, 3.8) is 0 Å². The maximum atomic E-state index is 12.7. The van der Waals surface area contributed by atoms with Crippen LogP contribution in [0.2, 0.25) is 0 Å². The van der Waals surface area contributed by atoms with Crippen molar-refractivity contribution in [1.29, 1.82) is 0 Å². The highest BCUT2D eigenvalue weighted by Gasteiger charge is 2.31. The summed E-state index contributed by atoms with van der Waals surface area (Å²) < 4.78 is 49.7. The zero-order chi connectivity index (χ0) is 23.7. The molecule has 1 aliphatic rings. The minimum Gasteiger partial charge on any atom is -0.493 e. The van der Waals surface area contributed by atoms with Crippen molar-refractivity contribution >= 4 is 17.2 Å². The lowest BCUT2D eigenvalue weighted by Crippen LogP contribution is -2.17. The predicted octanol–water partition coefficient (Wildman–Crippen LogP) is 6.86. The number of nitrogens with zero attached hydrogens (tertiary/aromatic N) is 1. The Morgan fingerprint density at radius 2 is 1.71 bits per heavy atom. The van der Waals surface area contributed by atoms with E-state index < -0.39 is 6.36 Å². The molecule has 0 atom stereocenters. The maximum Gasteiger partial charge on any atom is 0.573 e. The minimum absolute atomic E-state index is 0.215. The Morgan fingerprint density at radius 1 is 0.941 bits per heavy atom. The number of aromatic nitrogens is 1. The van der Waals surface area contributed by atoms with E-state index in [9.17, 15) is 18.0 Å². The average molecular weight is 465 g/mol. The van der Waals surface area contributed by atoms with Gasteiger partial charge in [-0.2, -0.15) is 0 Å². The number of hydrogen-bond acceptors (Lipinski definition) is 3. The second kappa shape index (κ2) is 8.89. The number of alkyl halides is 3. The van der Waals surface area contributed by atoms with Gasteiger partial charge in [0.05, 0.1) is 12.3 Å². The van der Waals surface area contributed by atoms with E-state index in [2.05, 4.69) is 4.74 Å². The summed E-state index contributed by atoms with van der Waals surface area (Å²) in [5.74, 6) is 1.14. The van der Waals surface area contributed by atoms with Gasteiger partial charge < -0.3 is 14.0 Å². The zero-order valence-electron chi connectivity index (χ0n) is 18.2. The molecule has 0 N–H and O–H groups in total. The van der Waals surface area contributed by atoms with E-state index in [-0.39, 0.29) is 12.3 Å². The molecule has 174 valence electrons. The molecule has 0 aliphatic heterocycles. The summed E-state index contributed by atoms with van der Waals surface area (Å²) in [6.45, 7) is 0.932. The Bertz CT molecular complexity index is 1320. The molecule has 5 rings (SSSR count). The second-order valence-electron chi connectivity index (χ2n) is 8.46. The van der Waals surface area contributed by atoms with Crippen molar-refractivity contribution in [3.8, 4) is 22.6 Å². The molecule has 0 saturated heterocycles. The molecular formula is C27H22F3NO3. The number of para-hydroxylation sites is 1. The van der Waals surface area contributed by atoms with Gasteiger partial charge in [-0.1, -0.05) is 42.5 Å². The average Bonchev–Trinajstić information content (AvgIpc) is 3.59. The van der Waals surface area contributed by atoms with E-state index in [1.54, 1.807) is 6.07 Å². The summed E-state index contributed by atoms with van der Waals surface area (Å²) in [4.78, 5) is 12.3. The molecule has 0 unspecified atom stereocenters. The third-order valence-electron chi connectivity index (χ3n) is 5.92. The summed E-state index contributed by atoms with van der Waals surface area (Å²) in [5.41, 5.74) is 3.50. The van der Waals surface area contributed by atoms with Crippen LogP contribution in [-0.4, -0.2) is 23.8 Å². The van der Waals surface area contributed by atoms with Gasteiger partial charge >= 0.3 is 6.36 Å². The summed E-state index contributed by atoms with van der Waals surface area (Å²) in [5, 5.41) is 0.888. The van der Waals surface area contributed by atoms with Gasteiger partial charge in [0.1, 0.15) is 11.5 Å². The van der Waals surface area contributed by atoms with Gasteiger partial charge in [0.25, 0.3) is 0 Å². The standard InChI is InChI=1S/C27H22F3NO3/c28-27(29,30)34-22-5-3-4-19(14-22)15-31-24-7-2-1-6-23(24)26(25(31)16-32)20-10-12-21(13-11-20)33-17-18-8-9-18/h1-7,10-14,16,18H,8-9,15,17H2. The molecule has 0 bridgehead atoms. The van der Waals surface area contributed by atoms with E-state index in [0.29, 0.717) is 17.2 Å². The normalized spacial score (nSPS) is 13.7. The Kier molecular flexibility index (Phi) is 5.77. The van der Waals surface area contributed by atoms with E-state index >= 15 is 0 Å². The third-order valence-corrected chi connectivity index (χ3v) is 5.92. The molecule has 3 aromatic carbocycles. The van der Waals surface area contributed by atoms with Crippen molar-refractivity contribution < 1.29 is 27.4 Å². The lowest BCUT2D eigenvalue weighted by atomic mass is 10.0. The molecule has 1 saturated carbocycles. The fourth-order valence-electron chi connectivity index (χ4n) is 4.16. The van der Waals surface area contributed by atoms with Crippen LogP contribution in [-0.2, 0) is 6.54 Å². The molecule has 1 heterocycles. The molecule has 0 spiro atoms. The number of ether oxygens (including phenoxy) is 2. The van der Waals surface area contributed by atoms with Crippen LogP contribution in [0.25, 0.3) is 22.0 Å². The summed E-state index contributed by atoms with van der Waals surface area (Å²) >= 11 is 0. The van der Waals surface area contributed by atoms with E-state index in [1.807, 2.05) is 53.1 Å². The summed E-state index contributed by atoms with van der Waals surface area (Å²) in [6.07, 6.45) is -1.55. The SMILES string of the molecule is O=Cc1c(-c2ccc(OCC3CC3)cc2)c2ccccc2n1Cc1cccc(OC(F)(F)F)c1. The Labute approximate surface area is 194 Å². The lowest BCUT2D eigenvalue weighted by Gasteiger charge is -2.12. The molecule has 0 amide bonds. The van der Waals surface area contributed by atoms with Crippen LogP contribution in [0.15, 0.2) is 72.8 Å². The fourth-order valence-corrected chi connectivity index (χ4v) is 4.16. The number of aldehydes is 1.